The second kappa shape index (κ2) is 14.7. The molecular formula is C38H47NO6. The minimum Gasteiger partial charge on any atom is -0.460 e. The second-order valence-electron chi connectivity index (χ2n) is 13.5. The van der Waals surface area contributed by atoms with Crippen molar-refractivity contribution in [3.63, 3.8) is 0 Å². The summed E-state index contributed by atoms with van der Waals surface area (Å²) >= 11 is 0. The van der Waals surface area contributed by atoms with Crippen molar-refractivity contribution >= 4 is 11.9 Å². The highest BCUT2D eigenvalue weighted by Crippen LogP contribution is 2.41. The minimum absolute atomic E-state index is 0.178. The van der Waals surface area contributed by atoms with E-state index in [4.69, 9.17) is 14.2 Å². The van der Waals surface area contributed by atoms with Crippen LogP contribution < -0.4 is 0 Å². The van der Waals surface area contributed by atoms with Gasteiger partial charge in [0.2, 0.25) is 5.60 Å². The van der Waals surface area contributed by atoms with Gasteiger partial charge in [0.1, 0.15) is 11.7 Å². The first kappa shape index (κ1) is 32.9. The van der Waals surface area contributed by atoms with E-state index in [9.17, 15) is 14.7 Å². The fourth-order valence-electron chi connectivity index (χ4n) is 6.62. The van der Waals surface area contributed by atoms with E-state index < -0.39 is 17.2 Å². The van der Waals surface area contributed by atoms with Crippen LogP contribution in [0.5, 0.6) is 0 Å². The van der Waals surface area contributed by atoms with E-state index in [2.05, 4.69) is 29.2 Å². The SMILES string of the molecule is CC(C)(C)OC(=O)CCOCCc1ccc(CCN2C[C@H]3C[C@@H](OC(=O)C(O)(c4ccccc4)c4ccccc4)C[C@H]3C2)cc1. The minimum atomic E-state index is -1.84. The van der Waals surface area contributed by atoms with Gasteiger partial charge in [-0.05, 0) is 80.5 Å². The lowest BCUT2D eigenvalue weighted by Gasteiger charge is -2.29. The van der Waals surface area contributed by atoms with E-state index in [0.29, 0.717) is 36.2 Å². The highest BCUT2D eigenvalue weighted by atomic mass is 16.6. The van der Waals surface area contributed by atoms with Crippen molar-refractivity contribution in [2.24, 2.45) is 11.8 Å². The Hall–Kier alpha value is -3.52. The molecule has 7 heteroatoms. The van der Waals surface area contributed by atoms with Crippen LogP contribution >= 0.6 is 0 Å². The molecule has 1 aliphatic carbocycles. The number of likely N-dealkylation sites (tertiary alicyclic amines) is 1. The summed E-state index contributed by atoms with van der Waals surface area (Å²) < 4.78 is 17.0. The number of fused-ring (bicyclic) bond motifs is 1. The third-order valence-corrected chi connectivity index (χ3v) is 8.88. The molecule has 3 aromatic carbocycles. The number of carbonyl (C=O) groups is 2. The van der Waals surface area contributed by atoms with E-state index in [1.165, 1.54) is 11.1 Å². The molecule has 2 fully saturated rings. The summed E-state index contributed by atoms with van der Waals surface area (Å²) in [6.45, 7) is 9.57. The van der Waals surface area contributed by atoms with Gasteiger partial charge in [0.25, 0.3) is 0 Å². The molecule has 0 bridgehead atoms. The lowest BCUT2D eigenvalue weighted by atomic mass is 9.86. The molecule has 2 aliphatic rings. The predicted octanol–water partition coefficient (Wildman–Crippen LogP) is 5.71. The van der Waals surface area contributed by atoms with Gasteiger partial charge in [-0.15, -0.1) is 0 Å². The molecule has 0 unspecified atom stereocenters. The fraction of sp³-hybridized carbons (Fsp3) is 0.474. The van der Waals surface area contributed by atoms with E-state index >= 15 is 0 Å². The standard InChI is InChI=1S/C38H47NO6/c1-37(2,3)45-35(40)20-23-43-22-19-29-16-14-28(15-17-29)18-21-39-26-30-24-34(25-31(30)27-39)44-36(41)38(42,32-10-6-4-7-11-32)33-12-8-5-9-13-33/h4-17,30-31,34,42H,18-27H2,1-3H3/t30-,31+,34-. The molecule has 45 heavy (non-hydrogen) atoms. The average molecular weight is 614 g/mol. The van der Waals surface area contributed by atoms with Crippen molar-refractivity contribution in [3.05, 3.63) is 107 Å². The molecule has 1 saturated carbocycles. The molecular weight excluding hydrogens is 566 g/mol. The number of hydrogen-bond donors (Lipinski definition) is 1. The van der Waals surface area contributed by atoms with Crippen LogP contribution in [0, 0.1) is 11.8 Å². The van der Waals surface area contributed by atoms with E-state index in [0.717, 1.165) is 45.3 Å². The molecule has 0 amide bonds. The summed E-state index contributed by atoms with van der Waals surface area (Å²) in [4.78, 5) is 27.9. The predicted molar refractivity (Wildman–Crippen MR) is 174 cm³/mol. The number of rotatable bonds is 13. The maximum atomic E-state index is 13.5. The first-order valence-electron chi connectivity index (χ1n) is 16.2. The zero-order valence-electron chi connectivity index (χ0n) is 26.8. The number of benzene rings is 3. The van der Waals surface area contributed by atoms with Gasteiger partial charge in [0.15, 0.2) is 0 Å². The molecule has 0 radical (unpaired) electrons. The maximum Gasteiger partial charge on any atom is 0.347 e. The molecule has 240 valence electrons. The van der Waals surface area contributed by atoms with E-state index in [1.807, 2.05) is 57.2 Å². The second-order valence-corrected chi connectivity index (χ2v) is 13.5. The van der Waals surface area contributed by atoms with Gasteiger partial charge in [-0.2, -0.15) is 0 Å². The maximum absolute atomic E-state index is 13.5. The average Bonchev–Trinajstić information content (AvgIpc) is 3.58. The summed E-state index contributed by atoms with van der Waals surface area (Å²) in [6, 6.07) is 26.9. The first-order chi connectivity index (χ1) is 21.6. The quantitative estimate of drug-likeness (QED) is 0.195. The highest BCUT2D eigenvalue weighted by molar-refractivity contribution is 5.85. The number of esters is 2. The topological polar surface area (TPSA) is 85.3 Å². The van der Waals surface area contributed by atoms with Gasteiger partial charge in [-0.1, -0.05) is 84.9 Å². The van der Waals surface area contributed by atoms with Crippen molar-refractivity contribution < 1.29 is 28.9 Å². The largest absolute Gasteiger partial charge is 0.460 e. The molecule has 1 aliphatic heterocycles. The van der Waals surface area contributed by atoms with Gasteiger partial charge in [0, 0.05) is 19.6 Å². The van der Waals surface area contributed by atoms with Crippen LogP contribution in [0.25, 0.3) is 0 Å². The summed E-state index contributed by atoms with van der Waals surface area (Å²) in [6.07, 6.45) is 3.56. The Morgan fingerprint density at radius 3 is 1.84 bits per heavy atom. The molecule has 1 N–H and O–H groups in total. The van der Waals surface area contributed by atoms with Gasteiger partial charge in [0.05, 0.1) is 19.6 Å². The Balaban J connectivity index is 1.03. The molecule has 1 heterocycles. The van der Waals surface area contributed by atoms with Crippen LogP contribution in [-0.2, 0) is 42.2 Å². The van der Waals surface area contributed by atoms with Gasteiger partial charge in [-0.3, -0.25) is 4.79 Å². The molecule has 3 aromatic rings. The van der Waals surface area contributed by atoms with Gasteiger partial charge in [-0.25, -0.2) is 4.79 Å². The third kappa shape index (κ3) is 8.81. The van der Waals surface area contributed by atoms with Crippen molar-refractivity contribution in [3.8, 4) is 0 Å². The van der Waals surface area contributed by atoms with Crippen LogP contribution in [0.15, 0.2) is 84.9 Å². The lowest BCUT2D eigenvalue weighted by Crippen LogP contribution is -2.40. The molecule has 1 saturated heterocycles. The van der Waals surface area contributed by atoms with Crippen LogP contribution in [0.2, 0.25) is 0 Å². The summed E-state index contributed by atoms with van der Waals surface area (Å²) in [5.41, 5.74) is 1.27. The van der Waals surface area contributed by atoms with Crippen molar-refractivity contribution in [1.82, 2.24) is 4.90 Å². The Bertz CT molecular complexity index is 1330. The fourth-order valence-corrected chi connectivity index (χ4v) is 6.62. The van der Waals surface area contributed by atoms with Crippen LogP contribution in [0.3, 0.4) is 0 Å². The monoisotopic (exact) mass is 613 g/mol. The molecule has 3 atom stereocenters. The summed E-state index contributed by atoms with van der Waals surface area (Å²) in [5.74, 6) is 0.175. The zero-order chi connectivity index (χ0) is 31.9. The van der Waals surface area contributed by atoms with E-state index in [1.54, 1.807) is 24.3 Å². The molecule has 7 nitrogen and oxygen atoms in total. The van der Waals surface area contributed by atoms with Crippen LogP contribution in [0.1, 0.15) is 62.3 Å². The highest BCUT2D eigenvalue weighted by Gasteiger charge is 2.46. The Labute approximate surface area is 267 Å². The normalized spacial score (nSPS) is 20.1. The summed E-state index contributed by atoms with van der Waals surface area (Å²) in [7, 11) is 0. The van der Waals surface area contributed by atoms with Gasteiger partial charge < -0.3 is 24.2 Å². The molecule has 0 spiro atoms. The third-order valence-electron chi connectivity index (χ3n) is 8.88. The van der Waals surface area contributed by atoms with Crippen LogP contribution in [0.4, 0.5) is 0 Å². The number of ether oxygens (including phenoxy) is 3. The first-order valence-corrected chi connectivity index (χ1v) is 16.2. The zero-order valence-corrected chi connectivity index (χ0v) is 26.8. The lowest BCUT2D eigenvalue weighted by molar-refractivity contribution is -0.168. The van der Waals surface area contributed by atoms with Gasteiger partial charge >= 0.3 is 11.9 Å². The van der Waals surface area contributed by atoms with Crippen molar-refractivity contribution in [2.45, 2.75) is 70.2 Å². The number of aliphatic hydroxyl groups is 1. The van der Waals surface area contributed by atoms with Crippen molar-refractivity contribution in [1.29, 1.82) is 0 Å². The number of nitrogens with zero attached hydrogens (tertiary/aromatic N) is 1. The van der Waals surface area contributed by atoms with Crippen molar-refractivity contribution in [2.75, 3.05) is 32.8 Å². The number of carbonyl (C=O) groups excluding carboxylic acids is 2. The summed E-state index contributed by atoms with van der Waals surface area (Å²) in [5, 5.41) is 11.7. The Kier molecular flexibility index (Phi) is 10.7. The molecule has 0 aromatic heterocycles. The Morgan fingerprint density at radius 1 is 0.778 bits per heavy atom. The van der Waals surface area contributed by atoms with Crippen LogP contribution in [-0.4, -0.2) is 66.5 Å². The number of hydrogen-bond acceptors (Lipinski definition) is 7. The smallest absolute Gasteiger partial charge is 0.347 e. The van der Waals surface area contributed by atoms with E-state index in [-0.39, 0.29) is 18.5 Å². The Morgan fingerprint density at radius 2 is 1.31 bits per heavy atom. The molecule has 5 rings (SSSR count).